The highest BCUT2D eigenvalue weighted by Gasteiger charge is 2.33. The van der Waals surface area contributed by atoms with Crippen LogP contribution in [0.1, 0.15) is 19.4 Å². The zero-order chi connectivity index (χ0) is 23.1. The molecule has 1 aliphatic rings. The van der Waals surface area contributed by atoms with E-state index in [0.29, 0.717) is 19.7 Å². The Morgan fingerprint density at radius 2 is 1.66 bits per heavy atom. The molecule has 0 aliphatic carbocycles. The molecule has 3 rings (SSSR count). The molecule has 0 spiro atoms. The van der Waals surface area contributed by atoms with Crippen molar-refractivity contribution in [3.05, 3.63) is 60.2 Å². The molecular formula is C22H30N4O5S. The summed E-state index contributed by atoms with van der Waals surface area (Å²) in [4.78, 5) is 13.9. The molecule has 174 valence electrons. The Morgan fingerprint density at radius 3 is 2.22 bits per heavy atom. The Hall–Kier alpha value is -2.66. The van der Waals surface area contributed by atoms with E-state index in [1.165, 1.54) is 9.79 Å². The van der Waals surface area contributed by atoms with Crippen molar-refractivity contribution in [1.82, 2.24) is 14.5 Å². The van der Waals surface area contributed by atoms with Gasteiger partial charge in [0.15, 0.2) is 0 Å². The maximum atomic E-state index is 12.7. The first-order chi connectivity index (χ1) is 15.3. The van der Waals surface area contributed by atoms with Crippen LogP contribution in [0.5, 0.6) is 5.75 Å². The lowest BCUT2D eigenvalue weighted by Crippen LogP contribution is -2.57. The molecule has 1 saturated heterocycles. The van der Waals surface area contributed by atoms with Gasteiger partial charge in [-0.15, -0.1) is 0 Å². The van der Waals surface area contributed by atoms with Crippen LogP contribution in [0.25, 0.3) is 0 Å². The number of anilines is 1. The Labute approximate surface area is 189 Å². The molecule has 10 heteroatoms. The number of hydrogen-bond acceptors (Lipinski definition) is 6. The minimum atomic E-state index is -3.86. The quantitative estimate of drug-likeness (QED) is 0.387. The second-order valence-electron chi connectivity index (χ2n) is 7.97. The van der Waals surface area contributed by atoms with Crippen molar-refractivity contribution in [2.24, 2.45) is 5.92 Å². The number of piperazine rings is 1. The predicted molar refractivity (Wildman–Crippen MR) is 122 cm³/mol. The summed E-state index contributed by atoms with van der Waals surface area (Å²) in [7, 11) is -3.86. The monoisotopic (exact) mass is 462 g/mol. The third kappa shape index (κ3) is 6.19. The number of amides is 1. The van der Waals surface area contributed by atoms with Crippen molar-refractivity contribution in [3.8, 4) is 5.75 Å². The molecule has 0 saturated carbocycles. The van der Waals surface area contributed by atoms with Gasteiger partial charge in [-0.1, -0.05) is 44.2 Å². The van der Waals surface area contributed by atoms with Crippen molar-refractivity contribution >= 4 is 21.8 Å². The van der Waals surface area contributed by atoms with E-state index in [4.69, 9.17) is 9.94 Å². The predicted octanol–water partition coefficient (Wildman–Crippen LogP) is 1.75. The molecule has 1 atom stereocenters. The van der Waals surface area contributed by atoms with Crippen LogP contribution in [0.3, 0.4) is 0 Å². The van der Waals surface area contributed by atoms with Crippen LogP contribution in [0, 0.1) is 5.92 Å². The third-order valence-corrected chi connectivity index (χ3v) is 6.96. The number of nitrogens with one attached hydrogen (secondary N) is 2. The van der Waals surface area contributed by atoms with Crippen LogP contribution in [-0.2, 0) is 21.6 Å². The molecular weight excluding hydrogens is 432 g/mol. The molecule has 3 N–H and O–H groups in total. The van der Waals surface area contributed by atoms with Crippen LogP contribution >= 0.6 is 0 Å². The molecule has 0 bridgehead atoms. The van der Waals surface area contributed by atoms with Gasteiger partial charge in [0.25, 0.3) is 16.1 Å². The minimum Gasteiger partial charge on any atom is -0.489 e. The highest BCUT2D eigenvalue weighted by molar-refractivity contribution is 7.87. The first kappa shape index (κ1) is 24.0. The fourth-order valence-corrected chi connectivity index (χ4v) is 4.97. The minimum absolute atomic E-state index is 0.285. The van der Waals surface area contributed by atoms with Crippen molar-refractivity contribution in [3.63, 3.8) is 0 Å². The van der Waals surface area contributed by atoms with E-state index in [2.05, 4.69) is 9.62 Å². The van der Waals surface area contributed by atoms with Crippen molar-refractivity contribution in [1.29, 1.82) is 0 Å². The van der Waals surface area contributed by atoms with Gasteiger partial charge in [0.2, 0.25) is 0 Å². The standard InChI is InChI=1S/C22H30N4O5S/c1-17(2)21(22(27)23-28)24-32(29,30)26-14-12-25(13-15-26)19-8-10-20(11-9-19)31-16-18-6-4-3-5-7-18/h3-11,17,21,24,28H,12-16H2,1-2H3,(H,23,27)/t21-/m1/s1. The van der Waals surface area contributed by atoms with Gasteiger partial charge in [-0.05, 0) is 35.7 Å². The van der Waals surface area contributed by atoms with E-state index in [-0.39, 0.29) is 19.0 Å². The molecule has 0 aromatic heterocycles. The number of nitrogens with zero attached hydrogens (tertiary/aromatic N) is 2. The smallest absolute Gasteiger partial charge is 0.280 e. The highest BCUT2D eigenvalue weighted by Crippen LogP contribution is 2.22. The molecule has 32 heavy (non-hydrogen) atoms. The van der Waals surface area contributed by atoms with Crippen LogP contribution in [0.4, 0.5) is 5.69 Å². The zero-order valence-electron chi connectivity index (χ0n) is 18.3. The summed E-state index contributed by atoms with van der Waals surface area (Å²) in [6.07, 6.45) is 0. The van der Waals surface area contributed by atoms with Crippen molar-refractivity contribution in [2.45, 2.75) is 26.5 Å². The summed E-state index contributed by atoms with van der Waals surface area (Å²) in [5, 5.41) is 8.87. The number of carbonyl (C=O) groups is 1. The van der Waals surface area contributed by atoms with E-state index in [9.17, 15) is 13.2 Å². The van der Waals surface area contributed by atoms with Gasteiger partial charge in [0, 0.05) is 31.9 Å². The van der Waals surface area contributed by atoms with Crippen LogP contribution in [-0.4, -0.2) is 56.1 Å². The zero-order valence-corrected chi connectivity index (χ0v) is 19.1. The van der Waals surface area contributed by atoms with Crippen LogP contribution in [0.2, 0.25) is 0 Å². The fourth-order valence-electron chi connectivity index (χ4n) is 3.48. The van der Waals surface area contributed by atoms with E-state index in [1.807, 2.05) is 54.6 Å². The average molecular weight is 463 g/mol. The Bertz CT molecular complexity index is 975. The van der Waals surface area contributed by atoms with Crippen molar-refractivity contribution < 1.29 is 23.2 Å². The molecule has 1 fully saturated rings. The lowest BCUT2D eigenvalue weighted by atomic mass is 10.1. The number of rotatable bonds is 9. The third-order valence-electron chi connectivity index (χ3n) is 5.36. The summed E-state index contributed by atoms with van der Waals surface area (Å²) in [5.74, 6) is -0.331. The SMILES string of the molecule is CC(C)[C@@H](NS(=O)(=O)N1CCN(c2ccc(OCc3ccccc3)cc2)CC1)C(=O)NO. The summed E-state index contributed by atoms with van der Waals surface area (Å²) >= 11 is 0. The molecule has 0 radical (unpaired) electrons. The summed E-state index contributed by atoms with van der Waals surface area (Å²) in [5.41, 5.74) is 3.60. The highest BCUT2D eigenvalue weighted by atomic mass is 32.2. The van der Waals surface area contributed by atoms with E-state index in [1.54, 1.807) is 13.8 Å². The largest absolute Gasteiger partial charge is 0.489 e. The molecule has 0 unspecified atom stereocenters. The first-order valence-corrected chi connectivity index (χ1v) is 12.0. The fraction of sp³-hybridized carbons (Fsp3) is 0.409. The topological polar surface area (TPSA) is 111 Å². The second-order valence-corrected chi connectivity index (χ2v) is 9.68. The average Bonchev–Trinajstić information content (AvgIpc) is 2.81. The van der Waals surface area contributed by atoms with Gasteiger partial charge in [-0.2, -0.15) is 17.4 Å². The molecule has 1 aliphatic heterocycles. The lowest BCUT2D eigenvalue weighted by molar-refractivity contribution is -0.131. The van der Waals surface area contributed by atoms with Crippen LogP contribution < -0.4 is 19.8 Å². The Kier molecular flexibility index (Phi) is 8.08. The molecule has 2 aromatic rings. The summed E-state index contributed by atoms with van der Waals surface area (Å²) < 4.78 is 35.0. The summed E-state index contributed by atoms with van der Waals surface area (Å²) in [6.45, 7) is 5.50. The normalized spacial score (nSPS) is 16.1. The van der Waals surface area contributed by atoms with Crippen LogP contribution in [0.15, 0.2) is 54.6 Å². The van der Waals surface area contributed by atoms with E-state index < -0.39 is 22.2 Å². The first-order valence-electron chi connectivity index (χ1n) is 10.5. The van der Waals surface area contributed by atoms with Gasteiger partial charge in [0.05, 0.1) is 0 Å². The van der Waals surface area contributed by atoms with Gasteiger partial charge >= 0.3 is 0 Å². The number of hydroxylamine groups is 1. The van der Waals surface area contributed by atoms with E-state index in [0.717, 1.165) is 17.0 Å². The number of ether oxygens (including phenoxy) is 1. The Morgan fingerprint density at radius 1 is 1.03 bits per heavy atom. The summed E-state index contributed by atoms with van der Waals surface area (Å²) in [6, 6.07) is 16.6. The van der Waals surface area contributed by atoms with Gasteiger partial charge < -0.3 is 9.64 Å². The molecule has 9 nitrogen and oxygen atoms in total. The number of hydrogen-bond donors (Lipinski definition) is 3. The maximum absolute atomic E-state index is 12.7. The number of benzene rings is 2. The van der Waals surface area contributed by atoms with Gasteiger partial charge in [-0.25, -0.2) is 5.48 Å². The molecule has 1 amide bonds. The maximum Gasteiger partial charge on any atom is 0.280 e. The van der Waals surface area contributed by atoms with Gasteiger partial charge in [0.1, 0.15) is 18.4 Å². The van der Waals surface area contributed by atoms with E-state index >= 15 is 0 Å². The Balaban J connectivity index is 1.54. The van der Waals surface area contributed by atoms with Crippen molar-refractivity contribution in [2.75, 3.05) is 31.1 Å². The molecule has 1 heterocycles. The number of carbonyl (C=O) groups excluding carboxylic acids is 1. The molecule has 2 aromatic carbocycles. The van der Waals surface area contributed by atoms with Gasteiger partial charge in [-0.3, -0.25) is 10.0 Å². The second kappa shape index (κ2) is 10.8. The lowest BCUT2D eigenvalue weighted by Gasteiger charge is -2.36.